The maximum atomic E-state index is 12.0. The molecular weight excluding hydrogens is 380 g/mol. The Balaban J connectivity index is 2.14. The smallest absolute Gasteiger partial charge is 0.168 e. The fourth-order valence-electron chi connectivity index (χ4n) is 1.56. The van der Waals surface area contributed by atoms with E-state index < -0.39 is 0 Å². The van der Waals surface area contributed by atoms with E-state index in [1.807, 2.05) is 29.6 Å². The van der Waals surface area contributed by atoms with Gasteiger partial charge in [-0.2, -0.15) is 0 Å². The Kier molecular flexibility index (Phi) is 4.59. The lowest BCUT2D eigenvalue weighted by molar-refractivity contribution is 0.0993. The normalized spacial score (nSPS) is 10.4. The number of rotatable bonds is 4. The van der Waals surface area contributed by atoms with Gasteiger partial charge in [0.25, 0.3) is 0 Å². The largest absolute Gasteiger partial charge is 0.496 e. The summed E-state index contributed by atoms with van der Waals surface area (Å²) in [5.41, 5.74) is 1.72. The van der Waals surface area contributed by atoms with Crippen LogP contribution in [0.2, 0.25) is 0 Å². The molecule has 1 aromatic heterocycles. The molecule has 0 aliphatic carbocycles. The van der Waals surface area contributed by atoms with Gasteiger partial charge in [-0.05, 0) is 55.6 Å². The molecule has 0 aliphatic rings. The first-order chi connectivity index (χ1) is 8.60. The minimum absolute atomic E-state index is 0.119. The molecule has 2 aromatic rings. The summed E-state index contributed by atoms with van der Waals surface area (Å²) in [4.78, 5) is 12.0. The topological polar surface area (TPSA) is 26.3 Å². The molecule has 0 saturated carbocycles. The zero-order chi connectivity index (χ0) is 13.1. The lowest BCUT2D eigenvalue weighted by Gasteiger charge is -2.05. The highest BCUT2D eigenvalue weighted by atomic mass is 79.9. The molecule has 2 rings (SSSR count). The Bertz CT molecular complexity index is 578. The zero-order valence-electron chi connectivity index (χ0n) is 9.57. The molecule has 1 aromatic carbocycles. The van der Waals surface area contributed by atoms with E-state index in [-0.39, 0.29) is 5.78 Å². The number of ether oxygens (including phenoxy) is 1. The maximum Gasteiger partial charge on any atom is 0.168 e. The van der Waals surface area contributed by atoms with Crippen molar-refractivity contribution in [3.8, 4) is 5.75 Å². The van der Waals surface area contributed by atoms with Gasteiger partial charge < -0.3 is 4.74 Å². The van der Waals surface area contributed by atoms with Gasteiger partial charge in [0, 0.05) is 17.4 Å². The summed E-state index contributed by atoms with van der Waals surface area (Å²) in [5.74, 6) is 0.887. The third kappa shape index (κ3) is 3.22. The Hall–Kier alpha value is -0.650. The molecular formula is C13H10Br2O2S. The number of hydrogen-bond acceptors (Lipinski definition) is 3. The number of halogens is 2. The Morgan fingerprint density at radius 2 is 2.11 bits per heavy atom. The van der Waals surface area contributed by atoms with Crippen LogP contribution in [0.5, 0.6) is 5.75 Å². The van der Waals surface area contributed by atoms with Crippen LogP contribution in [0.15, 0.2) is 37.9 Å². The molecule has 0 atom stereocenters. The van der Waals surface area contributed by atoms with Gasteiger partial charge in [-0.15, -0.1) is 11.3 Å². The van der Waals surface area contributed by atoms with E-state index in [2.05, 4.69) is 31.9 Å². The summed E-state index contributed by atoms with van der Waals surface area (Å²) in [7, 11) is 1.62. The van der Waals surface area contributed by atoms with Crippen molar-refractivity contribution in [1.82, 2.24) is 0 Å². The van der Waals surface area contributed by atoms with Crippen LogP contribution in [0.1, 0.15) is 15.9 Å². The molecule has 0 unspecified atom stereocenters. The van der Waals surface area contributed by atoms with Crippen molar-refractivity contribution in [2.45, 2.75) is 6.42 Å². The molecule has 0 bridgehead atoms. The molecule has 0 saturated heterocycles. The van der Waals surface area contributed by atoms with Gasteiger partial charge in [0.2, 0.25) is 0 Å². The van der Waals surface area contributed by atoms with Crippen LogP contribution in [-0.2, 0) is 6.42 Å². The predicted molar refractivity (Wildman–Crippen MR) is 80.7 cm³/mol. The fraction of sp³-hybridized carbons (Fsp3) is 0.154. The maximum absolute atomic E-state index is 12.0. The molecule has 18 heavy (non-hydrogen) atoms. The van der Waals surface area contributed by atoms with E-state index in [1.165, 1.54) is 11.3 Å². The third-order valence-corrected chi connectivity index (χ3v) is 4.59. The highest BCUT2D eigenvalue weighted by molar-refractivity contribution is 9.11. The summed E-state index contributed by atoms with van der Waals surface area (Å²) in [6.45, 7) is 0. The van der Waals surface area contributed by atoms with Gasteiger partial charge in [0.15, 0.2) is 5.78 Å². The van der Waals surface area contributed by atoms with Gasteiger partial charge in [-0.25, -0.2) is 0 Å². The van der Waals surface area contributed by atoms with Crippen molar-refractivity contribution in [3.05, 3.63) is 49.0 Å². The summed E-state index contributed by atoms with van der Waals surface area (Å²) in [6.07, 6.45) is 0.395. The first-order valence-electron chi connectivity index (χ1n) is 5.20. The average molecular weight is 390 g/mol. The standard InChI is InChI=1S/C13H10Br2O2S/c1-17-12-3-2-8(4-10(12)14)5-11(16)9-6-13(15)18-7-9/h2-4,6-7H,5H2,1H3. The number of carbonyl (C=O) groups is 1. The average Bonchev–Trinajstić information content (AvgIpc) is 2.76. The highest BCUT2D eigenvalue weighted by Crippen LogP contribution is 2.27. The summed E-state index contributed by atoms with van der Waals surface area (Å²) >= 11 is 8.29. The van der Waals surface area contributed by atoms with Crippen LogP contribution in [0.3, 0.4) is 0 Å². The van der Waals surface area contributed by atoms with E-state index in [1.54, 1.807) is 7.11 Å². The molecule has 2 nitrogen and oxygen atoms in total. The van der Waals surface area contributed by atoms with Crippen molar-refractivity contribution >= 4 is 49.0 Å². The molecule has 0 N–H and O–H groups in total. The van der Waals surface area contributed by atoms with E-state index in [9.17, 15) is 4.79 Å². The molecule has 1 heterocycles. The first kappa shape index (κ1) is 13.8. The van der Waals surface area contributed by atoms with E-state index in [0.717, 1.165) is 25.1 Å². The SMILES string of the molecule is COc1ccc(CC(=O)c2csc(Br)c2)cc1Br. The number of benzene rings is 1. The van der Waals surface area contributed by atoms with E-state index in [0.29, 0.717) is 6.42 Å². The molecule has 0 fully saturated rings. The first-order valence-corrected chi connectivity index (χ1v) is 7.66. The minimum Gasteiger partial charge on any atom is -0.496 e. The van der Waals surface area contributed by atoms with Crippen molar-refractivity contribution in [1.29, 1.82) is 0 Å². The second-order valence-corrected chi connectivity index (χ2v) is 6.85. The number of ketones is 1. The van der Waals surface area contributed by atoms with Crippen LogP contribution in [0.4, 0.5) is 0 Å². The zero-order valence-corrected chi connectivity index (χ0v) is 13.6. The number of hydrogen-bond donors (Lipinski definition) is 0. The lowest BCUT2D eigenvalue weighted by atomic mass is 10.1. The van der Waals surface area contributed by atoms with Gasteiger partial charge >= 0.3 is 0 Å². The minimum atomic E-state index is 0.119. The number of methoxy groups -OCH3 is 1. The molecule has 0 amide bonds. The summed E-state index contributed by atoms with van der Waals surface area (Å²) < 4.78 is 6.99. The van der Waals surface area contributed by atoms with E-state index >= 15 is 0 Å². The molecule has 0 radical (unpaired) electrons. The predicted octanol–water partition coefficient (Wildman–Crippen LogP) is 4.71. The van der Waals surface area contributed by atoms with Crippen molar-refractivity contribution in [2.75, 3.05) is 7.11 Å². The van der Waals surface area contributed by atoms with Gasteiger partial charge in [0.05, 0.1) is 15.4 Å². The fourth-order valence-corrected chi connectivity index (χ4v) is 3.31. The molecule has 94 valence electrons. The number of thiophene rings is 1. The van der Waals surface area contributed by atoms with Crippen LogP contribution in [0, 0.1) is 0 Å². The van der Waals surface area contributed by atoms with Gasteiger partial charge in [-0.1, -0.05) is 6.07 Å². The van der Waals surface area contributed by atoms with Gasteiger partial charge in [0.1, 0.15) is 5.75 Å². The van der Waals surface area contributed by atoms with Crippen molar-refractivity contribution < 1.29 is 9.53 Å². The monoisotopic (exact) mass is 388 g/mol. The van der Waals surface area contributed by atoms with Crippen LogP contribution < -0.4 is 4.74 Å². The second kappa shape index (κ2) is 5.99. The van der Waals surface area contributed by atoms with Gasteiger partial charge in [-0.3, -0.25) is 4.79 Å². The Morgan fingerprint density at radius 3 is 2.67 bits per heavy atom. The van der Waals surface area contributed by atoms with Crippen molar-refractivity contribution in [2.24, 2.45) is 0 Å². The molecule has 0 spiro atoms. The van der Waals surface area contributed by atoms with E-state index in [4.69, 9.17) is 4.74 Å². The third-order valence-electron chi connectivity index (χ3n) is 2.47. The van der Waals surface area contributed by atoms with Crippen LogP contribution >= 0.6 is 43.2 Å². The molecule has 0 aliphatic heterocycles. The summed E-state index contributed by atoms with van der Waals surface area (Å²) in [6, 6.07) is 7.53. The Labute approximate surface area is 126 Å². The number of Topliss-reactive ketones (excluding diaryl/α,β-unsaturated/α-hetero) is 1. The van der Waals surface area contributed by atoms with Crippen LogP contribution in [-0.4, -0.2) is 12.9 Å². The summed E-state index contributed by atoms with van der Waals surface area (Å²) in [5, 5.41) is 1.87. The highest BCUT2D eigenvalue weighted by Gasteiger charge is 2.10. The van der Waals surface area contributed by atoms with Crippen LogP contribution in [0.25, 0.3) is 0 Å². The van der Waals surface area contributed by atoms with Crippen molar-refractivity contribution in [3.63, 3.8) is 0 Å². The Morgan fingerprint density at radius 1 is 1.33 bits per heavy atom. The quantitative estimate of drug-likeness (QED) is 0.708. The number of carbonyl (C=O) groups excluding carboxylic acids is 1. The lowest BCUT2D eigenvalue weighted by Crippen LogP contribution is -2.02. The molecule has 5 heteroatoms. The second-order valence-electron chi connectivity index (χ2n) is 3.71.